The number of pyridine rings is 1. The smallest absolute Gasteiger partial charge is 0.393 e. The predicted molar refractivity (Wildman–Crippen MR) is 160 cm³/mol. The largest absolute Gasteiger partial charge is 0.432 e. The van der Waals surface area contributed by atoms with Gasteiger partial charge in [-0.15, -0.1) is 0 Å². The normalized spacial score (nSPS) is 17.7. The van der Waals surface area contributed by atoms with Crippen LogP contribution < -0.4 is 27.5 Å². The number of rotatable bonds is 4. The molecule has 44 heavy (non-hydrogen) atoms. The molecule has 4 aromatic rings. The molecule has 0 saturated heterocycles. The number of fused-ring (bicyclic) bond motifs is 4. The van der Waals surface area contributed by atoms with E-state index < -0.39 is 23.5 Å². The molecule has 11 nitrogen and oxygen atoms in total. The fraction of sp³-hybridized carbons (Fsp3) is 0.276. The Labute approximate surface area is 254 Å². The van der Waals surface area contributed by atoms with E-state index in [0.29, 0.717) is 47.5 Å². The SMILES string of the molecule is CC1CCCC(n2cnc(-c3cc(Cl)ccc3N(N)/C=C(\N)C(F)(F)F)cc2=O)c2cc(ccn2)-c2cnn(C)c2NC1=O. The maximum absolute atomic E-state index is 13.6. The number of nitrogens with zero attached hydrogens (tertiary/aromatic N) is 6. The van der Waals surface area contributed by atoms with Crippen molar-refractivity contribution in [3.8, 4) is 22.4 Å². The number of anilines is 2. The first-order valence-corrected chi connectivity index (χ1v) is 14.0. The van der Waals surface area contributed by atoms with Gasteiger partial charge in [-0.05, 0) is 48.7 Å². The Morgan fingerprint density at radius 1 is 1.14 bits per heavy atom. The second kappa shape index (κ2) is 12.1. The number of hydrazine groups is 1. The fourth-order valence-corrected chi connectivity index (χ4v) is 5.21. The van der Waals surface area contributed by atoms with Crippen LogP contribution in [-0.4, -0.2) is 36.4 Å². The summed E-state index contributed by atoms with van der Waals surface area (Å²) < 4.78 is 42.2. The molecule has 230 valence electrons. The molecule has 5 N–H and O–H groups in total. The van der Waals surface area contributed by atoms with Crippen LogP contribution in [0.2, 0.25) is 5.02 Å². The number of benzene rings is 1. The Morgan fingerprint density at radius 3 is 2.64 bits per heavy atom. The van der Waals surface area contributed by atoms with E-state index in [1.165, 1.54) is 35.2 Å². The summed E-state index contributed by atoms with van der Waals surface area (Å²) in [7, 11) is 1.74. The van der Waals surface area contributed by atoms with E-state index in [1.54, 1.807) is 30.2 Å². The first-order chi connectivity index (χ1) is 20.8. The number of hydrogen-bond acceptors (Lipinski definition) is 8. The summed E-state index contributed by atoms with van der Waals surface area (Å²) >= 11 is 6.19. The van der Waals surface area contributed by atoms with E-state index in [1.807, 2.05) is 13.0 Å². The highest BCUT2D eigenvalue weighted by Gasteiger charge is 2.32. The lowest BCUT2D eigenvalue weighted by Gasteiger charge is -2.23. The number of carbonyl (C=O) groups excluding carboxylic acids is 1. The summed E-state index contributed by atoms with van der Waals surface area (Å²) in [4.78, 5) is 35.6. The molecule has 0 fully saturated rings. The standard InChI is InChI=1S/C29H29ClF3N9O2/c1-16-4-3-5-24(22-10-17(8-9-36-22)20-13-38-40(2)27(20)39-28(16)44)41-15-37-21(12-26(41)43)19-11-18(30)6-7-23(19)42(35)14-25(34)29(31,32)33/h6-16,24H,3-5,34-35H2,1-2H3,(H,39,44)/b25-14-. The summed E-state index contributed by atoms with van der Waals surface area (Å²) in [6.45, 7) is 1.84. The zero-order valence-electron chi connectivity index (χ0n) is 23.7. The zero-order chi connectivity index (χ0) is 31.8. The van der Waals surface area contributed by atoms with Gasteiger partial charge in [0.05, 0.1) is 35.6 Å². The van der Waals surface area contributed by atoms with Crippen molar-refractivity contribution in [1.29, 1.82) is 0 Å². The minimum atomic E-state index is -4.79. The number of hydrogen-bond donors (Lipinski definition) is 3. The third-order valence-electron chi connectivity index (χ3n) is 7.47. The summed E-state index contributed by atoms with van der Waals surface area (Å²) in [5.74, 6) is 6.03. The van der Waals surface area contributed by atoms with Crippen LogP contribution in [0, 0.1) is 5.92 Å². The van der Waals surface area contributed by atoms with Gasteiger partial charge in [0.25, 0.3) is 5.56 Å². The Bertz CT molecular complexity index is 1800. The highest BCUT2D eigenvalue weighted by molar-refractivity contribution is 6.31. The Morgan fingerprint density at radius 2 is 1.91 bits per heavy atom. The van der Waals surface area contributed by atoms with Gasteiger partial charge in [0.15, 0.2) is 0 Å². The number of halogens is 4. The molecule has 15 heteroatoms. The number of carbonyl (C=O) groups is 1. The molecular formula is C29H29ClF3N9O2. The van der Waals surface area contributed by atoms with Gasteiger partial charge in [-0.1, -0.05) is 24.9 Å². The maximum Gasteiger partial charge on any atom is 0.432 e. The first-order valence-electron chi connectivity index (χ1n) is 13.6. The Balaban J connectivity index is 1.57. The number of nitrogens with one attached hydrogen (secondary N) is 1. The average Bonchev–Trinajstić information content (AvgIpc) is 3.34. The van der Waals surface area contributed by atoms with Crippen LogP contribution in [0.15, 0.2) is 71.8 Å². The molecule has 0 saturated carbocycles. The zero-order valence-corrected chi connectivity index (χ0v) is 24.5. The molecule has 4 heterocycles. The van der Waals surface area contributed by atoms with Crippen molar-refractivity contribution < 1.29 is 18.0 Å². The number of amides is 1. The summed E-state index contributed by atoms with van der Waals surface area (Å²) in [6, 6.07) is 8.66. The second-order valence-electron chi connectivity index (χ2n) is 10.5. The van der Waals surface area contributed by atoms with Crippen molar-refractivity contribution in [2.75, 3.05) is 10.3 Å². The number of nitrogens with two attached hydrogens (primary N) is 2. The van der Waals surface area contributed by atoms with Gasteiger partial charge >= 0.3 is 6.18 Å². The lowest BCUT2D eigenvalue weighted by Crippen LogP contribution is -2.30. The number of aryl methyl sites for hydroxylation is 1. The van der Waals surface area contributed by atoms with Crippen molar-refractivity contribution in [2.45, 2.75) is 38.4 Å². The van der Waals surface area contributed by atoms with Gasteiger partial charge in [0.2, 0.25) is 5.91 Å². The van der Waals surface area contributed by atoms with E-state index in [0.717, 1.165) is 5.56 Å². The van der Waals surface area contributed by atoms with Crippen LogP contribution in [0.5, 0.6) is 0 Å². The van der Waals surface area contributed by atoms with Crippen LogP contribution in [0.4, 0.5) is 24.7 Å². The molecule has 5 rings (SSSR count). The molecule has 1 aromatic carbocycles. The van der Waals surface area contributed by atoms with Crippen LogP contribution in [-0.2, 0) is 11.8 Å². The molecule has 3 aromatic heterocycles. The Kier molecular flexibility index (Phi) is 8.48. The van der Waals surface area contributed by atoms with Gasteiger partial charge in [-0.3, -0.25) is 28.8 Å². The Hall–Kier alpha value is -4.69. The van der Waals surface area contributed by atoms with E-state index in [4.69, 9.17) is 23.2 Å². The molecule has 2 atom stereocenters. The molecule has 2 unspecified atom stereocenters. The third-order valence-corrected chi connectivity index (χ3v) is 7.70. The second-order valence-corrected chi connectivity index (χ2v) is 10.9. The molecular weight excluding hydrogens is 599 g/mol. The molecule has 0 spiro atoms. The molecule has 0 radical (unpaired) electrons. The number of allylic oxidation sites excluding steroid dienone is 1. The summed E-state index contributed by atoms with van der Waals surface area (Å²) in [5.41, 5.74) is 5.82. The van der Waals surface area contributed by atoms with E-state index in [9.17, 15) is 22.8 Å². The van der Waals surface area contributed by atoms with Crippen LogP contribution in [0.3, 0.4) is 0 Å². The summed E-state index contributed by atoms with van der Waals surface area (Å²) in [6.07, 6.45) is 2.03. The van der Waals surface area contributed by atoms with E-state index in [2.05, 4.69) is 20.4 Å². The van der Waals surface area contributed by atoms with Gasteiger partial charge in [0.1, 0.15) is 11.5 Å². The topological polar surface area (TPSA) is 150 Å². The maximum atomic E-state index is 13.6. The van der Waals surface area contributed by atoms with Crippen molar-refractivity contribution in [2.24, 2.45) is 24.5 Å². The van der Waals surface area contributed by atoms with Crippen LogP contribution in [0.25, 0.3) is 22.4 Å². The fourth-order valence-electron chi connectivity index (χ4n) is 5.04. The molecule has 1 aliphatic heterocycles. The highest BCUT2D eigenvalue weighted by atomic mass is 35.5. The lowest BCUT2D eigenvalue weighted by atomic mass is 9.96. The van der Waals surface area contributed by atoms with Gasteiger partial charge in [-0.25, -0.2) is 10.8 Å². The van der Waals surface area contributed by atoms with Crippen molar-refractivity contribution in [3.63, 3.8) is 0 Å². The minimum Gasteiger partial charge on any atom is -0.393 e. The number of alkyl halides is 3. The quantitative estimate of drug-likeness (QED) is 0.217. The van der Waals surface area contributed by atoms with Crippen LogP contribution in [0.1, 0.15) is 37.9 Å². The number of aromatic nitrogens is 5. The van der Waals surface area contributed by atoms with Crippen LogP contribution >= 0.6 is 11.6 Å². The lowest BCUT2D eigenvalue weighted by molar-refractivity contribution is -0.119. The monoisotopic (exact) mass is 627 g/mol. The first kappa shape index (κ1) is 30.8. The van der Waals surface area contributed by atoms with Gasteiger partial charge in [-0.2, -0.15) is 18.3 Å². The van der Waals surface area contributed by atoms with Crippen molar-refractivity contribution in [3.05, 3.63) is 88.1 Å². The van der Waals surface area contributed by atoms with E-state index in [-0.39, 0.29) is 33.8 Å². The van der Waals surface area contributed by atoms with Gasteiger partial charge in [0, 0.05) is 47.6 Å². The van der Waals surface area contributed by atoms with Gasteiger partial charge < -0.3 is 11.1 Å². The minimum absolute atomic E-state index is 0.0890. The third kappa shape index (κ3) is 6.31. The van der Waals surface area contributed by atoms with Crippen molar-refractivity contribution >= 4 is 29.0 Å². The molecule has 2 bridgehead atoms. The predicted octanol–water partition coefficient (Wildman–Crippen LogP) is 4.75. The summed E-state index contributed by atoms with van der Waals surface area (Å²) in [5, 5.41) is 8.25. The molecule has 1 amide bonds. The van der Waals surface area contributed by atoms with E-state index >= 15 is 0 Å². The molecule has 0 aliphatic carbocycles. The van der Waals surface area contributed by atoms with Crippen molar-refractivity contribution in [1.82, 2.24) is 24.3 Å². The molecule has 1 aliphatic rings. The highest BCUT2D eigenvalue weighted by Crippen LogP contribution is 2.34. The average molecular weight is 628 g/mol.